The number of hydrogen-bond donors (Lipinski definition) is 1. The third kappa shape index (κ3) is 4.18. The number of carbonyl (C=O) groups excluding carboxylic acids is 2. The third-order valence-corrected chi connectivity index (χ3v) is 2.67. The van der Waals surface area contributed by atoms with E-state index in [1.165, 1.54) is 12.0 Å². The first-order valence-electron chi connectivity index (χ1n) is 6.04. The van der Waals surface area contributed by atoms with Gasteiger partial charge in [-0.15, -0.1) is 0 Å². The average Bonchev–Trinajstić information content (AvgIpc) is 2.24. The zero-order valence-electron chi connectivity index (χ0n) is 11.4. The number of rotatable bonds is 1. The molecule has 6 nitrogen and oxygen atoms in total. The van der Waals surface area contributed by atoms with Crippen molar-refractivity contribution in [3.63, 3.8) is 0 Å². The zero-order valence-corrected chi connectivity index (χ0v) is 11.4. The fraction of sp³-hybridized carbons (Fsp3) is 0.833. The van der Waals surface area contributed by atoms with Gasteiger partial charge in [-0.1, -0.05) is 0 Å². The maximum atomic E-state index is 11.9. The van der Waals surface area contributed by atoms with Crippen LogP contribution in [0.2, 0.25) is 0 Å². The Morgan fingerprint density at radius 3 is 2.39 bits per heavy atom. The molecule has 1 rings (SSSR count). The molecule has 2 atom stereocenters. The van der Waals surface area contributed by atoms with Gasteiger partial charge in [0.1, 0.15) is 5.60 Å². The molecule has 2 N–H and O–H groups in total. The fourth-order valence-electron chi connectivity index (χ4n) is 1.95. The van der Waals surface area contributed by atoms with Gasteiger partial charge in [-0.05, 0) is 27.2 Å². The van der Waals surface area contributed by atoms with E-state index in [2.05, 4.69) is 0 Å². The minimum absolute atomic E-state index is 0.227. The largest absolute Gasteiger partial charge is 0.469 e. The molecule has 0 aromatic heterocycles. The lowest BCUT2D eigenvalue weighted by molar-refractivity contribution is -0.147. The Morgan fingerprint density at radius 1 is 1.28 bits per heavy atom. The van der Waals surface area contributed by atoms with E-state index in [9.17, 15) is 9.59 Å². The van der Waals surface area contributed by atoms with E-state index >= 15 is 0 Å². The van der Waals surface area contributed by atoms with Crippen LogP contribution in [-0.2, 0) is 14.3 Å². The first-order valence-corrected chi connectivity index (χ1v) is 6.04. The van der Waals surface area contributed by atoms with E-state index < -0.39 is 11.7 Å². The standard InChI is InChI=1S/C12H22N2O4/c1-12(2,3)18-11(16)14-6-8(10(15)17-4)5-9(13)7-14/h8-9H,5-7,13H2,1-4H3/t8-,9?/m1/s1. The van der Waals surface area contributed by atoms with Crippen molar-refractivity contribution in [2.75, 3.05) is 20.2 Å². The minimum atomic E-state index is -0.556. The van der Waals surface area contributed by atoms with Gasteiger partial charge in [0.25, 0.3) is 0 Å². The summed E-state index contributed by atoms with van der Waals surface area (Å²) < 4.78 is 9.96. The fourth-order valence-corrected chi connectivity index (χ4v) is 1.95. The SMILES string of the molecule is COC(=O)[C@@H]1CC(N)CN(C(=O)OC(C)(C)C)C1. The van der Waals surface area contributed by atoms with Crippen molar-refractivity contribution in [2.45, 2.75) is 38.8 Å². The van der Waals surface area contributed by atoms with Crippen LogP contribution in [0, 0.1) is 5.92 Å². The highest BCUT2D eigenvalue weighted by molar-refractivity contribution is 5.75. The maximum Gasteiger partial charge on any atom is 0.410 e. The Kier molecular flexibility index (Phi) is 4.56. The number of nitrogens with zero attached hydrogens (tertiary/aromatic N) is 1. The number of carbonyl (C=O) groups is 2. The normalized spacial score (nSPS) is 24.6. The summed E-state index contributed by atoms with van der Waals surface area (Å²) in [4.78, 5) is 24.9. The van der Waals surface area contributed by atoms with Crippen LogP contribution in [-0.4, -0.2) is 48.8 Å². The number of ether oxygens (including phenoxy) is 2. The van der Waals surface area contributed by atoms with E-state index in [4.69, 9.17) is 15.2 Å². The summed E-state index contributed by atoms with van der Waals surface area (Å²) in [5.41, 5.74) is 5.30. The number of nitrogens with two attached hydrogens (primary N) is 1. The zero-order chi connectivity index (χ0) is 13.9. The lowest BCUT2D eigenvalue weighted by atomic mass is 9.95. The molecule has 0 aliphatic carbocycles. The Labute approximate surface area is 107 Å². The van der Waals surface area contributed by atoms with Crippen molar-refractivity contribution in [3.05, 3.63) is 0 Å². The molecule has 1 aliphatic heterocycles. The van der Waals surface area contributed by atoms with Crippen LogP contribution in [0.5, 0.6) is 0 Å². The quantitative estimate of drug-likeness (QED) is 0.702. The average molecular weight is 258 g/mol. The van der Waals surface area contributed by atoms with Crippen molar-refractivity contribution < 1.29 is 19.1 Å². The van der Waals surface area contributed by atoms with Crippen molar-refractivity contribution in [3.8, 4) is 0 Å². The Hall–Kier alpha value is -1.30. The lowest BCUT2D eigenvalue weighted by Crippen LogP contribution is -2.52. The van der Waals surface area contributed by atoms with Crippen molar-refractivity contribution >= 4 is 12.1 Å². The van der Waals surface area contributed by atoms with Crippen molar-refractivity contribution in [1.82, 2.24) is 4.90 Å². The maximum absolute atomic E-state index is 11.9. The predicted octanol–water partition coefficient (Wildman–Crippen LogP) is 0.744. The highest BCUT2D eigenvalue weighted by Crippen LogP contribution is 2.19. The number of esters is 1. The monoisotopic (exact) mass is 258 g/mol. The number of hydrogen-bond acceptors (Lipinski definition) is 5. The van der Waals surface area contributed by atoms with Crippen LogP contribution in [0.3, 0.4) is 0 Å². The molecule has 0 spiro atoms. The predicted molar refractivity (Wildman–Crippen MR) is 65.9 cm³/mol. The first kappa shape index (κ1) is 14.8. The van der Waals surface area contributed by atoms with Gasteiger partial charge in [-0.3, -0.25) is 4.79 Å². The Morgan fingerprint density at radius 2 is 1.89 bits per heavy atom. The van der Waals surface area contributed by atoms with Gasteiger partial charge in [0, 0.05) is 19.1 Å². The molecular weight excluding hydrogens is 236 g/mol. The molecule has 0 radical (unpaired) electrons. The summed E-state index contributed by atoms with van der Waals surface area (Å²) in [5.74, 6) is -0.704. The molecule has 1 aliphatic rings. The second-order valence-corrected chi connectivity index (χ2v) is 5.60. The minimum Gasteiger partial charge on any atom is -0.469 e. The van der Waals surface area contributed by atoms with Gasteiger partial charge in [-0.2, -0.15) is 0 Å². The molecule has 104 valence electrons. The molecule has 1 amide bonds. The van der Waals surface area contributed by atoms with E-state index in [-0.39, 0.29) is 17.9 Å². The van der Waals surface area contributed by atoms with Crippen LogP contribution in [0.25, 0.3) is 0 Å². The highest BCUT2D eigenvalue weighted by atomic mass is 16.6. The van der Waals surface area contributed by atoms with E-state index in [0.717, 1.165) is 0 Å². The molecule has 0 bridgehead atoms. The summed E-state index contributed by atoms with van der Waals surface area (Å²) in [6.45, 7) is 6.10. The number of likely N-dealkylation sites (tertiary alicyclic amines) is 1. The summed E-state index contributed by atoms with van der Waals surface area (Å²) in [6.07, 6.45) is 0.0953. The molecule has 0 saturated carbocycles. The van der Waals surface area contributed by atoms with Crippen molar-refractivity contribution in [2.24, 2.45) is 11.7 Å². The molecule has 0 aromatic rings. The van der Waals surface area contributed by atoms with Crippen LogP contribution in [0.4, 0.5) is 4.79 Å². The second-order valence-electron chi connectivity index (χ2n) is 5.60. The summed E-state index contributed by atoms with van der Waals surface area (Å²) in [5, 5.41) is 0. The number of amides is 1. The second kappa shape index (κ2) is 5.56. The molecule has 1 heterocycles. The molecule has 1 unspecified atom stereocenters. The summed E-state index contributed by atoms with van der Waals surface area (Å²) >= 11 is 0. The van der Waals surface area contributed by atoms with Gasteiger partial charge >= 0.3 is 12.1 Å². The third-order valence-electron chi connectivity index (χ3n) is 2.67. The van der Waals surface area contributed by atoms with E-state index in [1.54, 1.807) is 20.8 Å². The molecule has 6 heteroatoms. The van der Waals surface area contributed by atoms with Crippen molar-refractivity contribution in [1.29, 1.82) is 0 Å². The number of methoxy groups -OCH3 is 1. The van der Waals surface area contributed by atoms with Crippen LogP contribution >= 0.6 is 0 Å². The van der Waals surface area contributed by atoms with E-state index in [1.807, 2.05) is 0 Å². The Balaban J connectivity index is 2.66. The summed E-state index contributed by atoms with van der Waals surface area (Å²) in [6, 6.07) is -0.227. The van der Waals surface area contributed by atoms with E-state index in [0.29, 0.717) is 19.5 Å². The topological polar surface area (TPSA) is 81.9 Å². The molecule has 1 saturated heterocycles. The van der Waals surface area contributed by atoms with Gasteiger partial charge in [0.15, 0.2) is 0 Å². The first-order chi connectivity index (χ1) is 8.23. The lowest BCUT2D eigenvalue weighted by Gasteiger charge is -2.35. The van der Waals surface area contributed by atoms with Crippen LogP contribution in [0.15, 0.2) is 0 Å². The molecule has 0 aromatic carbocycles. The molecule has 18 heavy (non-hydrogen) atoms. The summed E-state index contributed by atoms with van der Waals surface area (Å²) in [7, 11) is 1.33. The Bertz CT molecular complexity index is 325. The van der Waals surface area contributed by atoms with Gasteiger partial charge < -0.3 is 20.1 Å². The smallest absolute Gasteiger partial charge is 0.410 e. The van der Waals surface area contributed by atoms with Crippen LogP contribution in [0.1, 0.15) is 27.2 Å². The van der Waals surface area contributed by atoms with Crippen LogP contribution < -0.4 is 5.73 Å². The van der Waals surface area contributed by atoms with Gasteiger partial charge in [0.2, 0.25) is 0 Å². The number of piperidine rings is 1. The van der Waals surface area contributed by atoms with Gasteiger partial charge in [0.05, 0.1) is 13.0 Å². The highest BCUT2D eigenvalue weighted by Gasteiger charge is 2.34. The van der Waals surface area contributed by atoms with Gasteiger partial charge in [-0.25, -0.2) is 4.79 Å². The molecule has 1 fully saturated rings. The molecular formula is C12H22N2O4.